The molecule has 0 heterocycles. The Morgan fingerprint density at radius 3 is 2.30 bits per heavy atom. The molecule has 0 aliphatic carbocycles. The van der Waals surface area contributed by atoms with Gasteiger partial charge < -0.3 is 20.1 Å². The number of nitrogens with one attached hydrogen (secondary N) is 2. The van der Waals surface area contributed by atoms with Crippen LogP contribution in [0.3, 0.4) is 0 Å². The lowest BCUT2D eigenvalue weighted by Gasteiger charge is -2.14. The summed E-state index contributed by atoms with van der Waals surface area (Å²) in [5, 5.41) is 5.64. The number of hydrogen-bond donors (Lipinski definition) is 2. The van der Waals surface area contributed by atoms with Crippen molar-refractivity contribution < 1.29 is 19.1 Å². The number of anilines is 1. The first-order valence-electron chi connectivity index (χ1n) is 8.50. The maximum atomic E-state index is 12.2. The molecule has 0 saturated heterocycles. The van der Waals surface area contributed by atoms with Gasteiger partial charge >= 0.3 is 0 Å². The van der Waals surface area contributed by atoms with Crippen molar-refractivity contribution in [1.82, 2.24) is 5.32 Å². The summed E-state index contributed by atoms with van der Waals surface area (Å²) in [6.07, 6.45) is 3.16. The molecule has 0 saturated carbocycles. The second kappa shape index (κ2) is 9.43. The van der Waals surface area contributed by atoms with E-state index in [9.17, 15) is 9.59 Å². The molecule has 2 aromatic carbocycles. The Morgan fingerprint density at radius 1 is 1.04 bits per heavy atom. The molecule has 0 aliphatic heterocycles. The van der Waals surface area contributed by atoms with Gasteiger partial charge in [-0.2, -0.15) is 0 Å². The van der Waals surface area contributed by atoms with Crippen LogP contribution < -0.4 is 20.1 Å². The molecule has 2 N–H and O–H groups in total. The average Bonchev–Trinajstić information content (AvgIpc) is 2.65. The molecule has 0 aromatic heterocycles. The lowest BCUT2D eigenvalue weighted by molar-refractivity contribution is -0.117. The lowest BCUT2D eigenvalue weighted by Crippen LogP contribution is -2.24. The topological polar surface area (TPSA) is 76.7 Å². The Bertz CT molecular complexity index is 824. The average molecular weight is 368 g/mol. The second-order valence-electron chi connectivity index (χ2n) is 6.02. The lowest BCUT2D eigenvalue weighted by atomic mass is 10.1. The minimum absolute atomic E-state index is 0.138. The number of hydrogen-bond acceptors (Lipinski definition) is 4. The smallest absolute Gasteiger partial charge is 0.244 e. The summed E-state index contributed by atoms with van der Waals surface area (Å²) in [6, 6.07) is 12.5. The largest absolute Gasteiger partial charge is 0.497 e. The van der Waals surface area contributed by atoms with Crippen LogP contribution in [0.15, 0.2) is 48.5 Å². The van der Waals surface area contributed by atoms with E-state index in [4.69, 9.17) is 9.47 Å². The van der Waals surface area contributed by atoms with Crippen molar-refractivity contribution in [2.45, 2.75) is 19.9 Å². The normalized spacial score (nSPS) is 11.7. The van der Waals surface area contributed by atoms with Crippen LogP contribution in [0.1, 0.15) is 31.0 Å². The van der Waals surface area contributed by atoms with Crippen molar-refractivity contribution in [3.05, 3.63) is 59.7 Å². The summed E-state index contributed by atoms with van der Waals surface area (Å²) in [5.41, 5.74) is 2.38. The number of carbonyl (C=O) groups is 2. The molecule has 2 amide bonds. The molecule has 1 atom stereocenters. The molecule has 0 fully saturated rings. The number of amides is 2. The zero-order valence-corrected chi connectivity index (χ0v) is 15.9. The van der Waals surface area contributed by atoms with Gasteiger partial charge in [-0.3, -0.25) is 9.59 Å². The third-order valence-electron chi connectivity index (χ3n) is 3.87. The van der Waals surface area contributed by atoms with Gasteiger partial charge in [0.25, 0.3) is 0 Å². The molecule has 0 spiro atoms. The maximum absolute atomic E-state index is 12.2. The number of benzene rings is 2. The van der Waals surface area contributed by atoms with Crippen LogP contribution >= 0.6 is 0 Å². The molecule has 142 valence electrons. The molecular weight excluding hydrogens is 344 g/mol. The molecule has 0 aliphatic rings. The fraction of sp³-hybridized carbons (Fsp3) is 0.238. The van der Waals surface area contributed by atoms with Crippen molar-refractivity contribution in [3.63, 3.8) is 0 Å². The summed E-state index contributed by atoms with van der Waals surface area (Å²) in [6.45, 7) is 3.34. The number of rotatable bonds is 7. The van der Waals surface area contributed by atoms with Crippen LogP contribution in [-0.4, -0.2) is 26.0 Å². The Balaban J connectivity index is 2.04. The highest BCUT2D eigenvalue weighted by atomic mass is 16.5. The van der Waals surface area contributed by atoms with Crippen LogP contribution in [0.4, 0.5) is 5.69 Å². The summed E-state index contributed by atoms with van der Waals surface area (Å²) in [7, 11) is 3.15. The SMILES string of the molecule is COc1cc(/C=C/C(=O)NC(C)c2cccc(NC(C)=O)c2)cc(OC)c1. The van der Waals surface area contributed by atoms with E-state index in [0.717, 1.165) is 11.1 Å². The monoisotopic (exact) mass is 368 g/mol. The van der Waals surface area contributed by atoms with Crippen molar-refractivity contribution in [3.8, 4) is 11.5 Å². The summed E-state index contributed by atoms with van der Waals surface area (Å²) in [5.74, 6) is 0.935. The van der Waals surface area contributed by atoms with E-state index in [1.165, 1.54) is 13.0 Å². The van der Waals surface area contributed by atoms with Crippen molar-refractivity contribution in [2.75, 3.05) is 19.5 Å². The first kappa shape index (κ1) is 20.0. The molecule has 6 heteroatoms. The van der Waals surface area contributed by atoms with Gasteiger partial charge in [-0.15, -0.1) is 0 Å². The highest BCUT2D eigenvalue weighted by Gasteiger charge is 2.09. The van der Waals surface area contributed by atoms with Gasteiger partial charge in [0, 0.05) is 24.8 Å². The molecule has 0 radical (unpaired) electrons. The van der Waals surface area contributed by atoms with E-state index in [-0.39, 0.29) is 17.9 Å². The number of methoxy groups -OCH3 is 2. The third kappa shape index (κ3) is 6.18. The Kier molecular flexibility index (Phi) is 7.00. The van der Waals surface area contributed by atoms with Gasteiger partial charge in [0.15, 0.2) is 0 Å². The van der Waals surface area contributed by atoms with Gasteiger partial charge in [-0.25, -0.2) is 0 Å². The van der Waals surface area contributed by atoms with Gasteiger partial charge in [0.2, 0.25) is 11.8 Å². The molecule has 1 unspecified atom stereocenters. The van der Waals surface area contributed by atoms with Crippen molar-refractivity contribution in [2.24, 2.45) is 0 Å². The van der Waals surface area contributed by atoms with Crippen LogP contribution in [0, 0.1) is 0 Å². The minimum atomic E-state index is -0.228. The van der Waals surface area contributed by atoms with E-state index < -0.39 is 0 Å². The highest BCUT2D eigenvalue weighted by Crippen LogP contribution is 2.23. The molecule has 2 rings (SSSR count). The van der Waals surface area contributed by atoms with Crippen LogP contribution in [0.25, 0.3) is 6.08 Å². The Labute approximate surface area is 159 Å². The fourth-order valence-corrected chi connectivity index (χ4v) is 2.53. The number of ether oxygens (including phenoxy) is 2. The van der Waals surface area contributed by atoms with Gasteiger partial charge in [-0.05, 0) is 48.4 Å². The standard InChI is InChI=1S/C21H24N2O4/c1-14(17-6-5-7-18(12-17)23-15(2)24)22-21(25)9-8-16-10-19(26-3)13-20(11-16)27-4/h5-14H,1-4H3,(H,22,25)(H,23,24)/b9-8+. The predicted octanol–water partition coefficient (Wildman–Crippen LogP) is 3.55. The minimum Gasteiger partial charge on any atom is -0.497 e. The Hall–Kier alpha value is -3.28. The molecule has 0 bridgehead atoms. The van der Waals surface area contributed by atoms with Crippen molar-refractivity contribution in [1.29, 1.82) is 0 Å². The predicted molar refractivity (Wildman–Crippen MR) is 106 cm³/mol. The molecule has 27 heavy (non-hydrogen) atoms. The van der Waals surface area contributed by atoms with E-state index >= 15 is 0 Å². The van der Waals surface area contributed by atoms with E-state index in [1.54, 1.807) is 32.4 Å². The van der Waals surface area contributed by atoms with Crippen LogP contribution in [0.2, 0.25) is 0 Å². The quantitative estimate of drug-likeness (QED) is 0.733. The van der Waals surface area contributed by atoms with E-state index in [2.05, 4.69) is 10.6 Å². The van der Waals surface area contributed by atoms with E-state index in [1.807, 2.05) is 37.3 Å². The van der Waals surface area contributed by atoms with Gasteiger partial charge in [-0.1, -0.05) is 12.1 Å². The van der Waals surface area contributed by atoms with Gasteiger partial charge in [0.05, 0.1) is 20.3 Å². The Morgan fingerprint density at radius 2 is 1.70 bits per heavy atom. The zero-order valence-electron chi connectivity index (χ0n) is 15.9. The first-order valence-corrected chi connectivity index (χ1v) is 8.50. The molecule has 6 nitrogen and oxygen atoms in total. The van der Waals surface area contributed by atoms with E-state index in [0.29, 0.717) is 17.2 Å². The summed E-state index contributed by atoms with van der Waals surface area (Å²) < 4.78 is 10.4. The number of carbonyl (C=O) groups excluding carboxylic acids is 2. The zero-order chi connectivity index (χ0) is 19.8. The molecule has 2 aromatic rings. The summed E-state index contributed by atoms with van der Waals surface area (Å²) >= 11 is 0. The molecular formula is C21H24N2O4. The van der Waals surface area contributed by atoms with Crippen LogP contribution in [-0.2, 0) is 9.59 Å². The second-order valence-corrected chi connectivity index (χ2v) is 6.02. The summed E-state index contributed by atoms with van der Waals surface area (Å²) in [4.78, 5) is 23.4. The third-order valence-corrected chi connectivity index (χ3v) is 3.87. The fourth-order valence-electron chi connectivity index (χ4n) is 2.53. The van der Waals surface area contributed by atoms with Crippen LogP contribution in [0.5, 0.6) is 11.5 Å². The highest BCUT2D eigenvalue weighted by molar-refractivity contribution is 5.92. The van der Waals surface area contributed by atoms with Gasteiger partial charge in [0.1, 0.15) is 11.5 Å². The van der Waals surface area contributed by atoms with Crippen molar-refractivity contribution >= 4 is 23.6 Å². The first-order chi connectivity index (χ1) is 12.9. The maximum Gasteiger partial charge on any atom is 0.244 e.